The predicted molar refractivity (Wildman–Crippen MR) is 57.9 cm³/mol. The van der Waals surface area contributed by atoms with Gasteiger partial charge in [-0.05, 0) is 31.5 Å². The van der Waals surface area contributed by atoms with E-state index in [1.165, 1.54) is 12.1 Å². The molecular formula is C12H15FO3. The number of hydrogen-bond acceptors (Lipinski definition) is 3. The maximum Gasteiger partial charge on any atom is 0.338 e. The highest BCUT2D eigenvalue weighted by atomic mass is 19.1. The topological polar surface area (TPSA) is 35.5 Å². The third-order valence-corrected chi connectivity index (χ3v) is 2.08. The molecule has 0 aliphatic rings. The molecule has 4 heteroatoms. The molecule has 0 N–H and O–H groups in total. The Bertz CT molecular complexity index is 363. The summed E-state index contributed by atoms with van der Waals surface area (Å²) < 4.78 is 22.9. The number of carbonyl (C=O) groups excluding carboxylic acids is 1. The zero-order valence-electron chi connectivity index (χ0n) is 9.46. The molecule has 1 rings (SSSR count). The average molecular weight is 226 g/mol. The first-order chi connectivity index (χ1) is 7.65. The van der Waals surface area contributed by atoms with Gasteiger partial charge in [-0.15, -0.1) is 0 Å². The number of esters is 1. The van der Waals surface area contributed by atoms with Gasteiger partial charge in [0.15, 0.2) is 0 Å². The predicted octanol–water partition coefficient (Wildman–Crippen LogP) is 2.33. The first-order valence-electron chi connectivity index (χ1n) is 5.16. The van der Waals surface area contributed by atoms with Crippen molar-refractivity contribution in [2.75, 3.05) is 19.8 Å². The van der Waals surface area contributed by atoms with Gasteiger partial charge in [-0.25, -0.2) is 9.18 Å². The van der Waals surface area contributed by atoms with Crippen molar-refractivity contribution in [1.82, 2.24) is 0 Å². The number of halogens is 1. The van der Waals surface area contributed by atoms with E-state index in [9.17, 15) is 9.18 Å². The molecular weight excluding hydrogens is 211 g/mol. The third-order valence-electron chi connectivity index (χ3n) is 2.08. The summed E-state index contributed by atoms with van der Waals surface area (Å²) in [5.41, 5.74) is 0.958. The van der Waals surface area contributed by atoms with Crippen LogP contribution in [0.2, 0.25) is 0 Å². The van der Waals surface area contributed by atoms with Gasteiger partial charge in [0.25, 0.3) is 0 Å². The van der Waals surface area contributed by atoms with Crippen molar-refractivity contribution in [3.63, 3.8) is 0 Å². The van der Waals surface area contributed by atoms with Crippen molar-refractivity contribution in [1.29, 1.82) is 0 Å². The van der Waals surface area contributed by atoms with Crippen LogP contribution in [-0.2, 0) is 9.47 Å². The van der Waals surface area contributed by atoms with Crippen molar-refractivity contribution in [2.45, 2.75) is 13.8 Å². The number of hydrogen-bond donors (Lipinski definition) is 0. The zero-order valence-corrected chi connectivity index (χ0v) is 9.46. The maximum atomic E-state index is 12.9. The summed E-state index contributed by atoms with van der Waals surface area (Å²) in [6.45, 7) is 4.72. The smallest absolute Gasteiger partial charge is 0.338 e. The van der Waals surface area contributed by atoms with Crippen LogP contribution >= 0.6 is 0 Å². The van der Waals surface area contributed by atoms with Crippen molar-refractivity contribution < 1.29 is 18.7 Å². The molecule has 88 valence electrons. The second-order valence-electron chi connectivity index (χ2n) is 3.29. The van der Waals surface area contributed by atoms with Crippen LogP contribution in [0.25, 0.3) is 0 Å². The highest BCUT2D eigenvalue weighted by molar-refractivity contribution is 5.90. The Balaban J connectivity index is 2.55. The van der Waals surface area contributed by atoms with Crippen molar-refractivity contribution in [2.24, 2.45) is 0 Å². The van der Waals surface area contributed by atoms with Crippen LogP contribution in [0.4, 0.5) is 4.39 Å². The molecule has 0 amide bonds. The Hall–Kier alpha value is -1.42. The van der Waals surface area contributed by atoms with Gasteiger partial charge in [-0.1, -0.05) is 6.07 Å². The summed E-state index contributed by atoms with van der Waals surface area (Å²) in [6.07, 6.45) is 0. The van der Waals surface area contributed by atoms with Crippen molar-refractivity contribution >= 4 is 5.97 Å². The van der Waals surface area contributed by atoms with Crippen LogP contribution in [0.1, 0.15) is 22.8 Å². The Labute approximate surface area is 94.2 Å². The van der Waals surface area contributed by atoms with E-state index in [2.05, 4.69) is 0 Å². The van der Waals surface area contributed by atoms with E-state index in [1.807, 2.05) is 6.92 Å². The molecule has 0 atom stereocenters. The van der Waals surface area contributed by atoms with Gasteiger partial charge in [0.05, 0.1) is 12.2 Å². The Morgan fingerprint density at radius 3 is 2.81 bits per heavy atom. The molecule has 0 heterocycles. The lowest BCUT2D eigenvalue weighted by molar-refractivity contribution is 0.0334. The van der Waals surface area contributed by atoms with Gasteiger partial charge in [0.1, 0.15) is 12.4 Å². The van der Waals surface area contributed by atoms with Crippen LogP contribution in [0.15, 0.2) is 18.2 Å². The van der Waals surface area contributed by atoms with Crippen molar-refractivity contribution in [3.8, 4) is 0 Å². The largest absolute Gasteiger partial charge is 0.460 e. The fourth-order valence-electron chi connectivity index (χ4n) is 1.23. The molecule has 0 saturated heterocycles. The number of benzene rings is 1. The Morgan fingerprint density at radius 2 is 2.12 bits per heavy atom. The summed E-state index contributed by atoms with van der Waals surface area (Å²) in [4.78, 5) is 11.5. The molecule has 0 aliphatic carbocycles. The molecule has 0 spiro atoms. The highest BCUT2D eigenvalue weighted by Crippen LogP contribution is 2.11. The summed E-state index contributed by atoms with van der Waals surface area (Å²) in [5.74, 6) is -0.959. The summed E-state index contributed by atoms with van der Waals surface area (Å²) in [7, 11) is 0. The second-order valence-corrected chi connectivity index (χ2v) is 3.29. The fourth-order valence-corrected chi connectivity index (χ4v) is 1.23. The molecule has 0 radical (unpaired) electrons. The lowest BCUT2D eigenvalue weighted by Gasteiger charge is -2.07. The maximum absolute atomic E-state index is 12.9. The van der Waals surface area contributed by atoms with Crippen LogP contribution in [0.3, 0.4) is 0 Å². The summed E-state index contributed by atoms with van der Waals surface area (Å²) in [6, 6.07) is 4.04. The molecule has 16 heavy (non-hydrogen) atoms. The van der Waals surface area contributed by atoms with Crippen LogP contribution < -0.4 is 0 Å². The SMILES string of the molecule is CCOCCOC(=O)c1cc(F)ccc1C. The van der Waals surface area contributed by atoms with E-state index >= 15 is 0 Å². The standard InChI is InChI=1S/C12H15FO3/c1-3-15-6-7-16-12(14)11-8-10(13)5-4-9(11)2/h4-5,8H,3,6-7H2,1-2H3. The van der Waals surface area contributed by atoms with E-state index in [4.69, 9.17) is 9.47 Å². The van der Waals surface area contributed by atoms with Gasteiger partial charge < -0.3 is 9.47 Å². The second kappa shape index (κ2) is 6.23. The lowest BCUT2D eigenvalue weighted by Crippen LogP contribution is -2.12. The van der Waals surface area contributed by atoms with Crippen LogP contribution in [0, 0.1) is 12.7 Å². The minimum atomic E-state index is -0.517. The molecule has 3 nitrogen and oxygen atoms in total. The molecule has 0 fully saturated rings. The summed E-state index contributed by atoms with van der Waals surface area (Å²) >= 11 is 0. The van der Waals surface area contributed by atoms with E-state index in [1.54, 1.807) is 13.0 Å². The molecule has 1 aromatic carbocycles. The molecule has 0 aliphatic heterocycles. The lowest BCUT2D eigenvalue weighted by atomic mass is 10.1. The van der Waals surface area contributed by atoms with Gasteiger partial charge in [0, 0.05) is 6.61 Å². The quantitative estimate of drug-likeness (QED) is 0.571. The molecule has 0 saturated carbocycles. The average Bonchev–Trinajstić information content (AvgIpc) is 2.27. The Morgan fingerprint density at radius 1 is 1.38 bits per heavy atom. The normalized spacial score (nSPS) is 10.2. The number of rotatable bonds is 5. The minimum absolute atomic E-state index is 0.183. The number of ether oxygens (including phenoxy) is 2. The first-order valence-corrected chi connectivity index (χ1v) is 5.16. The van der Waals surface area contributed by atoms with Crippen LogP contribution in [0.5, 0.6) is 0 Å². The third kappa shape index (κ3) is 3.62. The van der Waals surface area contributed by atoms with Crippen LogP contribution in [-0.4, -0.2) is 25.8 Å². The molecule has 0 bridgehead atoms. The van der Waals surface area contributed by atoms with Gasteiger partial charge in [-0.2, -0.15) is 0 Å². The molecule has 0 aromatic heterocycles. The van der Waals surface area contributed by atoms with Gasteiger partial charge >= 0.3 is 5.97 Å². The van der Waals surface area contributed by atoms with E-state index < -0.39 is 11.8 Å². The van der Waals surface area contributed by atoms with E-state index in [-0.39, 0.29) is 12.2 Å². The summed E-state index contributed by atoms with van der Waals surface area (Å²) in [5, 5.41) is 0. The fraction of sp³-hybridized carbons (Fsp3) is 0.417. The van der Waals surface area contributed by atoms with Crippen molar-refractivity contribution in [3.05, 3.63) is 35.1 Å². The minimum Gasteiger partial charge on any atom is -0.460 e. The first kappa shape index (κ1) is 12.6. The molecule has 1 aromatic rings. The Kier molecular flexibility index (Phi) is 4.92. The zero-order chi connectivity index (χ0) is 12.0. The van der Waals surface area contributed by atoms with Gasteiger partial charge in [-0.3, -0.25) is 0 Å². The van der Waals surface area contributed by atoms with E-state index in [0.29, 0.717) is 18.8 Å². The highest BCUT2D eigenvalue weighted by Gasteiger charge is 2.11. The molecule has 0 unspecified atom stereocenters. The van der Waals surface area contributed by atoms with E-state index in [0.717, 1.165) is 0 Å². The number of aryl methyl sites for hydroxylation is 1. The monoisotopic (exact) mass is 226 g/mol. The number of carbonyl (C=O) groups is 1. The van der Waals surface area contributed by atoms with Gasteiger partial charge in [0.2, 0.25) is 0 Å².